The summed E-state index contributed by atoms with van der Waals surface area (Å²) in [6.07, 6.45) is 1.56. The van der Waals surface area contributed by atoms with Crippen molar-refractivity contribution in [3.63, 3.8) is 0 Å². The highest BCUT2D eigenvalue weighted by atomic mass is 35.5. The zero-order valence-electron chi connectivity index (χ0n) is 16.4. The molecule has 2 aromatic heterocycles. The van der Waals surface area contributed by atoms with E-state index in [4.69, 9.17) is 23.2 Å². The number of nitrogens with one attached hydrogen (secondary N) is 1. The third-order valence-corrected chi connectivity index (χ3v) is 5.84. The van der Waals surface area contributed by atoms with Crippen LogP contribution in [0.5, 0.6) is 0 Å². The van der Waals surface area contributed by atoms with Crippen LogP contribution in [0.3, 0.4) is 0 Å². The largest absolute Gasteiger partial charge is 0.323 e. The summed E-state index contributed by atoms with van der Waals surface area (Å²) < 4.78 is 1.94. The van der Waals surface area contributed by atoms with Gasteiger partial charge in [-0.05, 0) is 61.0 Å². The number of anilines is 1. The Labute approximate surface area is 193 Å². The van der Waals surface area contributed by atoms with Crippen molar-refractivity contribution in [2.24, 2.45) is 0 Å². The average Bonchev–Trinajstić information content (AvgIpc) is 3.18. The van der Waals surface area contributed by atoms with Gasteiger partial charge in [-0.3, -0.25) is 9.36 Å². The number of aromatic nitrogens is 4. The van der Waals surface area contributed by atoms with E-state index < -0.39 is 0 Å². The molecular formula is C22H17Cl2N5OS. The molecule has 0 atom stereocenters. The molecule has 2 aromatic carbocycles. The van der Waals surface area contributed by atoms with E-state index in [1.807, 2.05) is 60.0 Å². The van der Waals surface area contributed by atoms with Crippen molar-refractivity contribution in [2.75, 3.05) is 11.1 Å². The van der Waals surface area contributed by atoms with Crippen molar-refractivity contribution < 1.29 is 4.79 Å². The van der Waals surface area contributed by atoms with Crippen molar-refractivity contribution in [1.29, 1.82) is 0 Å². The third kappa shape index (κ3) is 5.07. The summed E-state index contributed by atoms with van der Waals surface area (Å²) in [6, 6.07) is 18.8. The number of thioether (sulfide) groups is 1. The van der Waals surface area contributed by atoms with E-state index in [0.29, 0.717) is 21.7 Å². The van der Waals surface area contributed by atoms with Crippen LogP contribution in [-0.2, 0) is 4.79 Å². The van der Waals surface area contributed by atoms with E-state index in [0.717, 1.165) is 16.8 Å². The van der Waals surface area contributed by atoms with Gasteiger partial charge in [-0.15, -0.1) is 10.2 Å². The quantitative estimate of drug-likeness (QED) is 0.290. The molecule has 0 unspecified atom stereocenters. The Kier molecular flexibility index (Phi) is 6.56. The second kappa shape index (κ2) is 9.51. The first kappa shape index (κ1) is 21.4. The van der Waals surface area contributed by atoms with Crippen molar-refractivity contribution >= 4 is 46.6 Å². The Hall–Kier alpha value is -2.87. The van der Waals surface area contributed by atoms with Gasteiger partial charge in [-0.25, -0.2) is 4.98 Å². The third-order valence-electron chi connectivity index (χ3n) is 4.36. The topological polar surface area (TPSA) is 72.7 Å². The fraction of sp³-hybridized carbons (Fsp3) is 0.0909. The summed E-state index contributed by atoms with van der Waals surface area (Å²) in [6.45, 7) is 2.02. The van der Waals surface area contributed by atoms with E-state index in [-0.39, 0.29) is 16.8 Å². The summed E-state index contributed by atoms with van der Waals surface area (Å²) in [5, 5.41) is 13.0. The van der Waals surface area contributed by atoms with Crippen LogP contribution >= 0.6 is 35.0 Å². The second-order valence-electron chi connectivity index (χ2n) is 6.67. The van der Waals surface area contributed by atoms with E-state index in [9.17, 15) is 4.79 Å². The van der Waals surface area contributed by atoms with Gasteiger partial charge in [0.25, 0.3) is 0 Å². The molecule has 31 heavy (non-hydrogen) atoms. The molecule has 1 N–H and O–H groups in total. The number of carbonyl (C=O) groups excluding carboxylic acids is 1. The maximum atomic E-state index is 12.5. The van der Waals surface area contributed by atoms with Crippen LogP contribution < -0.4 is 5.32 Å². The second-order valence-corrected chi connectivity index (χ2v) is 8.40. The highest BCUT2D eigenvalue weighted by Crippen LogP contribution is 2.29. The van der Waals surface area contributed by atoms with Gasteiger partial charge < -0.3 is 5.32 Å². The number of carbonyl (C=O) groups is 1. The molecule has 2 heterocycles. The van der Waals surface area contributed by atoms with Crippen LogP contribution in [0.15, 0.2) is 72.0 Å². The number of halogens is 2. The van der Waals surface area contributed by atoms with Crippen LogP contribution in [0.1, 0.15) is 5.56 Å². The molecular weight excluding hydrogens is 453 g/mol. The fourth-order valence-electron chi connectivity index (χ4n) is 2.94. The number of benzene rings is 2. The Bertz CT molecular complexity index is 1230. The minimum absolute atomic E-state index is 0.135. The van der Waals surface area contributed by atoms with Crippen LogP contribution in [0, 0.1) is 6.92 Å². The molecule has 0 aliphatic rings. The smallest absolute Gasteiger partial charge is 0.234 e. The van der Waals surface area contributed by atoms with Crippen molar-refractivity contribution in [2.45, 2.75) is 12.1 Å². The van der Waals surface area contributed by atoms with Crippen LogP contribution in [-0.4, -0.2) is 31.4 Å². The van der Waals surface area contributed by atoms with Gasteiger partial charge in [0.05, 0.1) is 11.4 Å². The molecule has 4 rings (SSSR count). The molecule has 0 saturated carbocycles. The molecule has 0 saturated heterocycles. The maximum absolute atomic E-state index is 12.5. The van der Waals surface area contributed by atoms with Crippen LogP contribution in [0.25, 0.3) is 17.1 Å². The number of nitrogens with zero attached hydrogens (tertiary/aromatic N) is 4. The fourth-order valence-corrected chi connectivity index (χ4v) is 3.99. The molecule has 156 valence electrons. The molecule has 0 radical (unpaired) electrons. The van der Waals surface area contributed by atoms with Crippen molar-refractivity contribution in [3.8, 4) is 17.1 Å². The lowest BCUT2D eigenvalue weighted by molar-refractivity contribution is -0.113. The first-order valence-electron chi connectivity index (χ1n) is 9.33. The Morgan fingerprint density at radius 1 is 1.06 bits per heavy atom. The highest BCUT2D eigenvalue weighted by molar-refractivity contribution is 7.99. The lowest BCUT2D eigenvalue weighted by Gasteiger charge is -2.11. The summed E-state index contributed by atoms with van der Waals surface area (Å²) in [5.41, 5.74) is 3.36. The number of hydrogen-bond donors (Lipinski definition) is 1. The molecule has 0 aliphatic carbocycles. The van der Waals surface area contributed by atoms with Crippen LogP contribution in [0.2, 0.25) is 10.2 Å². The molecule has 1 amide bonds. The van der Waals surface area contributed by atoms with Gasteiger partial charge in [0, 0.05) is 22.5 Å². The minimum atomic E-state index is -0.216. The SMILES string of the molecule is Cc1cccc(-n2c(SCC(=O)Nc3cccnc3Cl)nnc2-c2ccc(Cl)cc2)c1. The van der Waals surface area contributed by atoms with E-state index in [1.54, 1.807) is 18.3 Å². The summed E-state index contributed by atoms with van der Waals surface area (Å²) in [4.78, 5) is 16.4. The minimum Gasteiger partial charge on any atom is -0.323 e. The van der Waals surface area contributed by atoms with Crippen molar-refractivity contribution in [1.82, 2.24) is 19.7 Å². The Morgan fingerprint density at radius 2 is 1.87 bits per heavy atom. The number of amides is 1. The number of rotatable bonds is 6. The van der Waals surface area contributed by atoms with Gasteiger partial charge in [0.15, 0.2) is 16.1 Å². The molecule has 6 nitrogen and oxygen atoms in total. The van der Waals surface area contributed by atoms with E-state index in [2.05, 4.69) is 20.5 Å². The van der Waals surface area contributed by atoms with Gasteiger partial charge in [0.1, 0.15) is 0 Å². The zero-order chi connectivity index (χ0) is 21.8. The molecule has 0 aliphatic heterocycles. The maximum Gasteiger partial charge on any atom is 0.234 e. The van der Waals surface area contributed by atoms with Crippen LogP contribution in [0.4, 0.5) is 5.69 Å². The van der Waals surface area contributed by atoms with Gasteiger partial charge >= 0.3 is 0 Å². The number of aryl methyl sites for hydroxylation is 1. The first-order chi connectivity index (χ1) is 15.0. The summed E-state index contributed by atoms with van der Waals surface area (Å²) >= 11 is 13.3. The molecule has 4 aromatic rings. The first-order valence-corrected chi connectivity index (χ1v) is 11.1. The molecule has 0 spiro atoms. The van der Waals surface area contributed by atoms with Gasteiger partial charge in [0.2, 0.25) is 5.91 Å². The van der Waals surface area contributed by atoms with Gasteiger partial charge in [-0.1, -0.05) is 47.1 Å². The predicted molar refractivity (Wildman–Crippen MR) is 125 cm³/mol. The number of pyridine rings is 1. The molecule has 9 heteroatoms. The molecule has 0 fully saturated rings. The number of hydrogen-bond acceptors (Lipinski definition) is 5. The lowest BCUT2D eigenvalue weighted by Crippen LogP contribution is -2.15. The highest BCUT2D eigenvalue weighted by Gasteiger charge is 2.18. The van der Waals surface area contributed by atoms with E-state index >= 15 is 0 Å². The summed E-state index contributed by atoms with van der Waals surface area (Å²) in [7, 11) is 0. The Morgan fingerprint density at radius 3 is 2.61 bits per heavy atom. The van der Waals surface area contributed by atoms with Gasteiger partial charge in [-0.2, -0.15) is 0 Å². The normalized spacial score (nSPS) is 10.8. The molecule has 0 bridgehead atoms. The standard InChI is InChI=1S/C22H17Cl2N5OS/c1-14-4-2-5-17(12-14)29-21(15-7-9-16(23)10-8-15)27-28-22(29)31-13-19(30)26-18-6-3-11-25-20(18)24/h2-12H,13H2,1H3,(H,26,30). The Balaban J connectivity index is 1.62. The monoisotopic (exact) mass is 469 g/mol. The zero-order valence-corrected chi connectivity index (χ0v) is 18.7. The average molecular weight is 470 g/mol. The van der Waals surface area contributed by atoms with E-state index in [1.165, 1.54) is 11.8 Å². The summed E-state index contributed by atoms with van der Waals surface area (Å²) in [5.74, 6) is 0.586. The predicted octanol–water partition coefficient (Wildman–Crippen LogP) is 5.68. The lowest BCUT2D eigenvalue weighted by atomic mass is 10.2. The van der Waals surface area contributed by atoms with Crippen molar-refractivity contribution in [3.05, 3.63) is 82.6 Å².